The lowest BCUT2D eigenvalue weighted by atomic mass is 10.0. The van der Waals surface area contributed by atoms with E-state index in [0.29, 0.717) is 24.4 Å². The Morgan fingerprint density at radius 2 is 2.00 bits per heavy atom. The number of carbonyl (C=O) groups excluding carboxylic acids is 1. The normalized spacial score (nSPS) is 23.2. The van der Waals surface area contributed by atoms with Crippen molar-refractivity contribution in [2.45, 2.75) is 63.3 Å². The molecule has 1 aromatic rings. The first-order chi connectivity index (χ1) is 11.4. The number of rotatable bonds is 5. The van der Waals surface area contributed by atoms with E-state index in [2.05, 4.69) is 0 Å². The highest BCUT2D eigenvalue weighted by Crippen LogP contribution is 2.32. The summed E-state index contributed by atoms with van der Waals surface area (Å²) in [6.07, 6.45) is 5.18. The van der Waals surface area contributed by atoms with Gasteiger partial charge in [-0.1, -0.05) is 6.42 Å². The Morgan fingerprint density at radius 1 is 1.21 bits per heavy atom. The third-order valence-electron chi connectivity index (χ3n) is 5.06. The first-order valence-electron chi connectivity index (χ1n) is 8.76. The van der Waals surface area contributed by atoms with Gasteiger partial charge in [-0.15, -0.1) is 11.3 Å². The molecular formula is C17H26N2O3S2. The van der Waals surface area contributed by atoms with E-state index in [1.54, 1.807) is 10.4 Å². The van der Waals surface area contributed by atoms with Gasteiger partial charge in [0.2, 0.25) is 15.9 Å². The summed E-state index contributed by atoms with van der Waals surface area (Å²) in [5, 5.41) is 0. The molecule has 5 nitrogen and oxygen atoms in total. The van der Waals surface area contributed by atoms with Gasteiger partial charge in [0, 0.05) is 41.9 Å². The minimum atomic E-state index is -3.44. The first kappa shape index (κ1) is 17.9. The number of aryl methyl sites for hydroxylation is 2. The lowest BCUT2D eigenvalue weighted by Crippen LogP contribution is -2.45. The summed E-state index contributed by atoms with van der Waals surface area (Å²) in [4.78, 5) is 16.0. The van der Waals surface area contributed by atoms with Crippen LogP contribution in [0, 0.1) is 13.8 Å². The van der Waals surface area contributed by atoms with Crippen LogP contribution in [-0.2, 0) is 14.8 Å². The Labute approximate surface area is 148 Å². The molecule has 0 aromatic carbocycles. The number of amides is 1. The van der Waals surface area contributed by atoms with Crippen LogP contribution in [0.5, 0.6) is 0 Å². The van der Waals surface area contributed by atoms with Crippen molar-refractivity contribution in [1.82, 2.24) is 9.21 Å². The van der Waals surface area contributed by atoms with Gasteiger partial charge in [-0.05, 0) is 45.6 Å². The van der Waals surface area contributed by atoms with Gasteiger partial charge < -0.3 is 4.90 Å². The molecule has 0 saturated carbocycles. The van der Waals surface area contributed by atoms with Gasteiger partial charge in [0.25, 0.3) is 0 Å². The van der Waals surface area contributed by atoms with E-state index in [4.69, 9.17) is 0 Å². The first-order valence-corrected chi connectivity index (χ1v) is 11.0. The number of carbonyl (C=O) groups is 1. The second-order valence-electron chi connectivity index (χ2n) is 6.82. The van der Waals surface area contributed by atoms with Gasteiger partial charge in [0.05, 0.1) is 4.90 Å². The number of sulfonamides is 1. The highest BCUT2D eigenvalue weighted by atomic mass is 32.2. The summed E-state index contributed by atoms with van der Waals surface area (Å²) in [7, 11) is -3.44. The monoisotopic (exact) mass is 370 g/mol. The SMILES string of the molecule is Cc1cc(S(=O)(=O)N2CCCC[C@H]2CCN2CCCC2=O)c(C)s1. The number of hydrogen-bond donors (Lipinski definition) is 0. The van der Waals surface area contributed by atoms with Crippen molar-refractivity contribution in [1.29, 1.82) is 0 Å². The minimum Gasteiger partial charge on any atom is -0.343 e. The Balaban J connectivity index is 1.76. The van der Waals surface area contributed by atoms with Crippen LogP contribution in [0.4, 0.5) is 0 Å². The predicted molar refractivity (Wildman–Crippen MR) is 95.8 cm³/mol. The fourth-order valence-corrected chi connectivity index (χ4v) is 7.06. The van der Waals surface area contributed by atoms with E-state index in [1.807, 2.05) is 18.7 Å². The maximum atomic E-state index is 13.1. The van der Waals surface area contributed by atoms with Crippen LogP contribution < -0.4 is 0 Å². The van der Waals surface area contributed by atoms with Crippen LogP contribution in [0.25, 0.3) is 0 Å². The lowest BCUT2D eigenvalue weighted by molar-refractivity contribution is -0.127. The smallest absolute Gasteiger partial charge is 0.244 e. The molecule has 0 aliphatic carbocycles. The summed E-state index contributed by atoms with van der Waals surface area (Å²) in [5.74, 6) is 0.213. The molecule has 2 aliphatic heterocycles. The summed E-state index contributed by atoms with van der Waals surface area (Å²) >= 11 is 1.54. The molecule has 24 heavy (non-hydrogen) atoms. The maximum Gasteiger partial charge on any atom is 0.244 e. The number of hydrogen-bond acceptors (Lipinski definition) is 4. The fourth-order valence-electron chi connectivity index (χ4n) is 3.81. The van der Waals surface area contributed by atoms with E-state index in [-0.39, 0.29) is 11.9 Å². The molecule has 1 amide bonds. The Morgan fingerprint density at radius 3 is 2.62 bits per heavy atom. The zero-order valence-corrected chi connectivity index (χ0v) is 16.1. The van der Waals surface area contributed by atoms with Crippen LogP contribution in [0.15, 0.2) is 11.0 Å². The van der Waals surface area contributed by atoms with Crippen molar-refractivity contribution < 1.29 is 13.2 Å². The summed E-state index contributed by atoms with van der Waals surface area (Å²) in [5.41, 5.74) is 0. The largest absolute Gasteiger partial charge is 0.343 e. The Hall–Kier alpha value is -0.920. The second-order valence-corrected chi connectivity index (χ2v) is 10.1. The van der Waals surface area contributed by atoms with Crippen molar-refractivity contribution in [3.05, 3.63) is 15.8 Å². The molecule has 1 aromatic heterocycles. The summed E-state index contributed by atoms with van der Waals surface area (Å²) in [6, 6.07) is 1.81. The van der Waals surface area contributed by atoms with Gasteiger partial charge in [-0.25, -0.2) is 8.42 Å². The molecule has 134 valence electrons. The molecule has 1 atom stereocenters. The van der Waals surface area contributed by atoms with Gasteiger partial charge >= 0.3 is 0 Å². The average Bonchev–Trinajstić information content (AvgIpc) is 3.10. The Kier molecular flexibility index (Phi) is 5.32. The quantitative estimate of drug-likeness (QED) is 0.801. The van der Waals surface area contributed by atoms with Crippen LogP contribution in [0.3, 0.4) is 0 Å². The summed E-state index contributed by atoms with van der Waals surface area (Å²) < 4.78 is 28.0. The molecule has 0 bridgehead atoms. The van der Waals surface area contributed by atoms with E-state index in [9.17, 15) is 13.2 Å². The molecule has 0 radical (unpaired) electrons. The molecule has 0 N–H and O–H groups in total. The third kappa shape index (κ3) is 3.53. The average molecular weight is 371 g/mol. The van der Waals surface area contributed by atoms with Crippen molar-refractivity contribution in [2.24, 2.45) is 0 Å². The minimum absolute atomic E-state index is 0.0109. The number of likely N-dealkylation sites (tertiary alicyclic amines) is 1. The topological polar surface area (TPSA) is 57.7 Å². The van der Waals surface area contributed by atoms with Crippen LogP contribution in [-0.4, -0.2) is 49.2 Å². The molecule has 0 spiro atoms. The molecule has 2 aliphatic rings. The molecule has 3 heterocycles. The van der Waals surface area contributed by atoms with Gasteiger partial charge in [0.1, 0.15) is 0 Å². The number of piperidine rings is 1. The summed E-state index contributed by atoms with van der Waals surface area (Å²) in [6.45, 7) is 5.92. The van der Waals surface area contributed by atoms with Crippen LogP contribution in [0.1, 0.15) is 48.3 Å². The van der Waals surface area contributed by atoms with Crippen molar-refractivity contribution in [2.75, 3.05) is 19.6 Å². The highest BCUT2D eigenvalue weighted by Gasteiger charge is 2.35. The van der Waals surface area contributed by atoms with E-state index in [0.717, 1.165) is 48.4 Å². The van der Waals surface area contributed by atoms with Gasteiger partial charge in [-0.3, -0.25) is 4.79 Å². The van der Waals surface area contributed by atoms with E-state index in [1.165, 1.54) is 11.3 Å². The van der Waals surface area contributed by atoms with Crippen molar-refractivity contribution in [3.63, 3.8) is 0 Å². The van der Waals surface area contributed by atoms with Crippen molar-refractivity contribution in [3.8, 4) is 0 Å². The molecule has 3 rings (SSSR count). The highest BCUT2D eigenvalue weighted by molar-refractivity contribution is 7.89. The molecule has 0 unspecified atom stereocenters. The Bertz CT molecular complexity index is 711. The van der Waals surface area contributed by atoms with Crippen molar-refractivity contribution >= 4 is 27.3 Å². The molecule has 7 heteroatoms. The second kappa shape index (κ2) is 7.14. The number of nitrogens with zero attached hydrogens (tertiary/aromatic N) is 2. The zero-order valence-electron chi connectivity index (χ0n) is 14.5. The molecular weight excluding hydrogens is 344 g/mol. The van der Waals surface area contributed by atoms with Crippen LogP contribution >= 0.6 is 11.3 Å². The zero-order chi connectivity index (χ0) is 17.3. The van der Waals surface area contributed by atoms with Gasteiger partial charge in [0.15, 0.2) is 0 Å². The molecule has 2 saturated heterocycles. The molecule has 2 fully saturated rings. The number of thiophene rings is 1. The lowest BCUT2D eigenvalue weighted by Gasteiger charge is -2.35. The third-order valence-corrected chi connectivity index (χ3v) is 8.23. The predicted octanol–water partition coefficient (Wildman–Crippen LogP) is 2.92. The standard InChI is InChI=1S/C17H26N2O3S2/c1-13-12-16(14(2)23-13)24(21,22)19-10-4-3-6-15(19)8-11-18-9-5-7-17(18)20/h12,15H,3-11H2,1-2H3/t15-/m0/s1. The maximum absolute atomic E-state index is 13.1. The fraction of sp³-hybridized carbons (Fsp3) is 0.706. The van der Waals surface area contributed by atoms with Crippen LogP contribution in [0.2, 0.25) is 0 Å². The van der Waals surface area contributed by atoms with Gasteiger partial charge in [-0.2, -0.15) is 4.31 Å². The van der Waals surface area contributed by atoms with E-state index < -0.39 is 10.0 Å². The van der Waals surface area contributed by atoms with E-state index >= 15 is 0 Å².